The number of aromatic nitrogens is 5. The fourth-order valence-corrected chi connectivity index (χ4v) is 4.52. The SMILES string of the molecule is CN1CCc2cc(-c3cc(C(F)(F)C(F)(F)F)nc4c3ccc3nc(-c5nnco5)cn34)ccc2C1. The first-order valence-electron chi connectivity index (χ1n) is 11.0. The molecule has 0 radical (unpaired) electrons. The molecule has 1 aliphatic heterocycles. The Hall–Kier alpha value is -3.93. The molecule has 12 heteroatoms. The topological polar surface area (TPSA) is 72.3 Å². The summed E-state index contributed by atoms with van der Waals surface area (Å²) < 4.78 is 75.8. The largest absolute Gasteiger partial charge is 0.459 e. The molecule has 0 N–H and O–H groups in total. The van der Waals surface area contributed by atoms with E-state index >= 15 is 0 Å². The van der Waals surface area contributed by atoms with Crippen LogP contribution in [-0.2, 0) is 18.9 Å². The maximum Gasteiger partial charge on any atom is 0.459 e. The van der Waals surface area contributed by atoms with Crippen molar-refractivity contribution in [2.45, 2.75) is 25.1 Å². The van der Waals surface area contributed by atoms with Gasteiger partial charge in [-0.05, 0) is 53.9 Å². The molecular weight excluding hydrogens is 483 g/mol. The van der Waals surface area contributed by atoms with Crippen molar-refractivity contribution < 1.29 is 26.4 Å². The highest BCUT2D eigenvalue weighted by Crippen LogP contribution is 2.45. The summed E-state index contributed by atoms with van der Waals surface area (Å²) in [5, 5.41) is 7.76. The van der Waals surface area contributed by atoms with Gasteiger partial charge in [-0.3, -0.25) is 4.40 Å². The van der Waals surface area contributed by atoms with Gasteiger partial charge < -0.3 is 9.32 Å². The van der Waals surface area contributed by atoms with Crippen LogP contribution >= 0.6 is 0 Å². The van der Waals surface area contributed by atoms with Crippen LogP contribution in [0.1, 0.15) is 16.8 Å². The van der Waals surface area contributed by atoms with Crippen molar-refractivity contribution >= 4 is 16.7 Å². The van der Waals surface area contributed by atoms with E-state index in [4.69, 9.17) is 4.42 Å². The van der Waals surface area contributed by atoms with Gasteiger partial charge in [0, 0.05) is 24.7 Å². The van der Waals surface area contributed by atoms with Gasteiger partial charge in [0.25, 0.3) is 5.89 Å². The number of nitrogens with zero attached hydrogens (tertiary/aromatic N) is 6. The third-order valence-corrected chi connectivity index (χ3v) is 6.38. The molecule has 1 aliphatic rings. The van der Waals surface area contributed by atoms with Gasteiger partial charge in [0.05, 0.1) is 0 Å². The zero-order valence-electron chi connectivity index (χ0n) is 18.7. The summed E-state index contributed by atoms with van der Waals surface area (Å²) in [5.74, 6) is -5.09. The lowest BCUT2D eigenvalue weighted by Gasteiger charge is -2.25. The average Bonchev–Trinajstić information content (AvgIpc) is 3.52. The summed E-state index contributed by atoms with van der Waals surface area (Å²) in [7, 11) is 2.00. The number of fused-ring (bicyclic) bond motifs is 4. The third-order valence-electron chi connectivity index (χ3n) is 6.38. The van der Waals surface area contributed by atoms with Gasteiger partial charge in [-0.1, -0.05) is 18.2 Å². The van der Waals surface area contributed by atoms with Crippen molar-refractivity contribution in [1.29, 1.82) is 0 Å². The van der Waals surface area contributed by atoms with Crippen molar-refractivity contribution in [3.63, 3.8) is 0 Å². The molecule has 6 rings (SSSR count). The number of imidazole rings is 1. The van der Waals surface area contributed by atoms with E-state index in [1.165, 1.54) is 10.6 Å². The van der Waals surface area contributed by atoms with Gasteiger partial charge in [-0.25, -0.2) is 9.97 Å². The van der Waals surface area contributed by atoms with Gasteiger partial charge in [0.15, 0.2) is 0 Å². The van der Waals surface area contributed by atoms with Crippen molar-refractivity contribution in [1.82, 2.24) is 29.5 Å². The standard InChI is InChI=1S/C24H17F5N6O/c1-34-7-6-13-8-14(2-3-15(13)10-34)17-9-19(23(25,26)24(27,28)29)32-21-16(17)4-5-20-31-18(11-35(20)21)22-33-30-12-36-22/h2-5,8-9,11-12H,6-7,10H2,1H3. The minimum absolute atomic E-state index is 0.0727. The Balaban J connectivity index is 1.63. The van der Waals surface area contributed by atoms with Crippen molar-refractivity contribution in [3.05, 3.63) is 65.8 Å². The molecule has 0 spiro atoms. The Kier molecular flexibility index (Phi) is 4.87. The molecule has 0 saturated carbocycles. The van der Waals surface area contributed by atoms with Crippen LogP contribution in [-0.4, -0.2) is 49.2 Å². The van der Waals surface area contributed by atoms with Gasteiger partial charge in [0.1, 0.15) is 22.7 Å². The normalized spacial score (nSPS) is 15.1. The van der Waals surface area contributed by atoms with E-state index in [0.29, 0.717) is 10.9 Å². The number of hydrogen-bond acceptors (Lipinski definition) is 6. The van der Waals surface area contributed by atoms with Crippen LogP contribution in [0.25, 0.3) is 39.4 Å². The first-order chi connectivity index (χ1) is 17.1. The van der Waals surface area contributed by atoms with Gasteiger partial charge in [0.2, 0.25) is 6.39 Å². The van der Waals surface area contributed by atoms with Crippen LogP contribution < -0.4 is 0 Å². The lowest BCUT2D eigenvalue weighted by atomic mass is 9.93. The lowest BCUT2D eigenvalue weighted by Crippen LogP contribution is -2.34. The molecular formula is C24H17F5N6O. The van der Waals surface area contributed by atoms with Gasteiger partial charge >= 0.3 is 12.1 Å². The van der Waals surface area contributed by atoms with Crippen LogP contribution in [0.15, 0.2) is 53.4 Å². The van der Waals surface area contributed by atoms with E-state index in [1.54, 1.807) is 18.2 Å². The van der Waals surface area contributed by atoms with E-state index in [2.05, 4.69) is 25.1 Å². The highest BCUT2D eigenvalue weighted by Gasteiger charge is 2.60. The maximum absolute atomic E-state index is 14.6. The monoisotopic (exact) mass is 500 g/mol. The Morgan fingerprint density at radius 1 is 0.972 bits per heavy atom. The second-order valence-corrected chi connectivity index (χ2v) is 8.77. The van der Waals surface area contributed by atoms with Crippen LogP contribution in [0, 0.1) is 0 Å². The summed E-state index contributed by atoms with van der Waals surface area (Å²) >= 11 is 0. The molecule has 1 aromatic carbocycles. The second-order valence-electron chi connectivity index (χ2n) is 8.77. The van der Waals surface area contributed by atoms with Crippen molar-refractivity contribution in [2.24, 2.45) is 0 Å². The fourth-order valence-electron chi connectivity index (χ4n) is 4.52. The van der Waals surface area contributed by atoms with E-state index in [-0.39, 0.29) is 28.4 Å². The molecule has 184 valence electrons. The summed E-state index contributed by atoms with van der Waals surface area (Å²) in [6.07, 6.45) is -2.56. The predicted molar refractivity (Wildman–Crippen MR) is 119 cm³/mol. The molecule has 0 bridgehead atoms. The van der Waals surface area contributed by atoms with E-state index in [9.17, 15) is 22.0 Å². The van der Waals surface area contributed by atoms with Crippen molar-refractivity contribution in [2.75, 3.05) is 13.6 Å². The van der Waals surface area contributed by atoms with Gasteiger partial charge in [-0.2, -0.15) is 22.0 Å². The van der Waals surface area contributed by atoms with Crippen LogP contribution in [0.3, 0.4) is 0 Å². The molecule has 0 fully saturated rings. The number of benzene rings is 1. The Labute approximate surface area is 200 Å². The van der Waals surface area contributed by atoms with Crippen LogP contribution in [0.2, 0.25) is 0 Å². The molecule has 0 unspecified atom stereocenters. The number of alkyl halides is 5. The smallest absolute Gasteiger partial charge is 0.422 e. The average molecular weight is 500 g/mol. The molecule has 0 atom stereocenters. The number of likely N-dealkylation sites (N-methyl/N-ethyl adjacent to an activating group) is 1. The minimum atomic E-state index is -5.82. The Bertz CT molecular complexity index is 1610. The predicted octanol–water partition coefficient (Wildman–Crippen LogP) is 5.24. The first kappa shape index (κ1) is 22.5. The second kappa shape index (κ2) is 7.79. The molecule has 0 aliphatic carbocycles. The van der Waals surface area contributed by atoms with E-state index in [0.717, 1.165) is 43.1 Å². The number of hydrogen-bond donors (Lipinski definition) is 0. The highest BCUT2D eigenvalue weighted by atomic mass is 19.4. The first-order valence-corrected chi connectivity index (χ1v) is 11.0. The van der Waals surface area contributed by atoms with E-state index < -0.39 is 17.8 Å². The number of rotatable bonds is 3. The quantitative estimate of drug-likeness (QED) is 0.316. The number of halogens is 5. The zero-order valence-corrected chi connectivity index (χ0v) is 18.7. The third kappa shape index (κ3) is 3.51. The molecule has 0 saturated heterocycles. The fraction of sp³-hybridized carbons (Fsp3) is 0.250. The van der Waals surface area contributed by atoms with Crippen LogP contribution in [0.5, 0.6) is 0 Å². The molecule has 5 aromatic rings. The maximum atomic E-state index is 14.6. The molecule has 36 heavy (non-hydrogen) atoms. The molecule has 5 heterocycles. The summed E-state index contributed by atoms with van der Waals surface area (Å²) in [6, 6.07) is 9.55. The summed E-state index contributed by atoms with van der Waals surface area (Å²) in [6.45, 7) is 1.55. The lowest BCUT2D eigenvalue weighted by molar-refractivity contribution is -0.290. The molecule has 4 aromatic heterocycles. The summed E-state index contributed by atoms with van der Waals surface area (Å²) in [4.78, 5) is 10.3. The molecule has 7 nitrogen and oxygen atoms in total. The Morgan fingerprint density at radius 3 is 2.56 bits per heavy atom. The Morgan fingerprint density at radius 2 is 1.81 bits per heavy atom. The number of pyridine rings is 2. The minimum Gasteiger partial charge on any atom is -0.422 e. The highest BCUT2D eigenvalue weighted by molar-refractivity contribution is 5.95. The molecule has 0 amide bonds. The van der Waals surface area contributed by atoms with Crippen molar-refractivity contribution in [3.8, 4) is 22.7 Å². The van der Waals surface area contributed by atoms with Crippen LogP contribution in [0.4, 0.5) is 22.0 Å². The van der Waals surface area contributed by atoms with E-state index in [1.807, 2.05) is 19.2 Å². The van der Waals surface area contributed by atoms with Gasteiger partial charge in [-0.15, -0.1) is 10.2 Å². The summed E-state index contributed by atoms with van der Waals surface area (Å²) in [5.41, 5.74) is 1.88. The zero-order chi connectivity index (χ0) is 25.2.